The van der Waals surface area contributed by atoms with Gasteiger partial charge in [0.2, 0.25) is 0 Å². The average molecular weight is 312 g/mol. The fourth-order valence-corrected chi connectivity index (χ4v) is 2.53. The molecule has 0 fully saturated rings. The van der Waals surface area contributed by atoms with E-state index in [1.54, 1.807) is 7.11 Å². The standard InChI is InChI=1S/C18H20N2O3/c1-11(2)10-23-16-6-4-5-15(22-3)17(16)12-7-8-13-14(9-12)20-18(21)19-13/h4-9,11H,10H2,1-3H3,(H2,19,20,21). The lowest BCUT2D eigenvalue weighted by Crippen LogP contribution is -2.05. The molecule has 1 heterocycles. The Bertz CT molecular complexity index is 877. The Kier molecular flexibility index (Phi) is 4.10. The van der Waals surface area contributed by atoms with Gasteiger partial charge in [0.05, 0.1) is 30.3 Å². The van der Waals surface area contributed by atoms with Gasteiger partial charge in [-0.15, -0.1) is 0 Å². The van der Waals surface area contributed by atoms with Gasteiger partial charge in [0.25, 0.3) is 0 Å². The van der Waals surface area contributed by atoms with Crippen molar-refractivity contribution < 1.29 is 9.47 Å². The van der Waals surface area contributed by atoms with Crippen LogP contribution in [0.3, 0.4) is 0 Å². The fraction of sp³-hybridized carbons (Fsp3) is 0.278. The van der Waals surface area contributed by atoms with Crippen molar-refractivity contribution in [2.45, 2.75) is 13.8 Å². The molecule has 3 rings (SSSR count). The van der Waals surface area contributed by atoms with E-state index in [9.17, 15) is 4.79 Å². The topological polar surface area (TPSA) is 67.1 Å². The van der Waals surface area contributed by atoms with Crippen LogP contribution in [0.2, 0.25) is 0 Å². The van der Waals surface area contributed by atoms with Gasteiger partial charge in [-0.3, -0.25) is 0 Å². The first-order chi connectivity index (χ1) is 11.1. The number of hydrogen-bond acceptors (Lipinski definition) is 3. The van der Waals surface area contributed by atoms with E-state index in [4.69, 9.17) is 9.47 Å². The first-order valence-electron chi connectivity index (χ1n) is 7.60. The Morgan fingerprint density at radius 2 is 1.78 bits per heavy atom. The number of fused-ring (bicyclic) bond motifs is 1. The van der Waals surface area contributed by atoms with Crippen molar-refractivity contribution in [1.29, 1.82) is 0 Å². The van der Waals surface area contributed by atoms with E-state index < -0.39 is 0 Å². The largest absolute Gasteiger partial charge is 0.496 e. The molecule has 0 aliphatic heterocycles. The average Bonchev–Trinajstić information content (AvgIpc) is 2.91. The monoisotopic (exact) mass is 312 g/mol. The molecule has 0 radical (unpaired) electrons. The number of imidazole rings is 1. The molecule has 0 atom stereocenters. The Balaban J connectivity index is 2.12. The number of rotatable bonds is 5. The van der Waals surface area contributed by atoms with Crippen LogP contribution in [-0.2, 0) is 0 Å². The SMILES string of the molecule is COc1cccc(OCC(C)C)c1-c1ccc2[nH]c(=O)[nH]c2c1. The summed E-state index contributed by atoms with van der Waals surface area (Å²) in [6, 6.07) is 11.5. The number of aromatic nitrogens is 2. The second-order valence-electron chi connectivity index (χ2n) is 5.88. The van der Waals surface area contributed by atoms with Gasteiger partial charge in [-0.25, -0.2) is 4.79 Å². The first kappa shape index (κ1) is 15.2. The lowest BCUT2D eigenvalue weighted by molar-refractivity contribution is 0.271. The van der Waals surface area contributed by atoms with Crippen LogP contribution in [0, 0.1) is 5.92 Å². The third kappa shape index (κ3) is 3.08. The van der Waals surface area contributed by atoms with Gasteiger partial charge in [-0.2, -0.15) is 0 Å². The predicted octanol–water partition coefficient (Wildman–Crippen LogP) is 3.57. The Morgan fingerprint density at radius 1 is 1.04 bits per heavy atom. The van der Waals surface area contributed by atoms with E-state index in [1.165, 1.54) is 0 Å². The van der Waals surface area contributed by atoms with E-state index >= 15 is 0 Å². The summed E-state index contributed by atoms with van der Waals surface area (Å²) in [4.78, 5) is 17.0. The van der Waals surface area contributed by atoms with Crippen LogP contribution >= 0.6 is 0 Å². The highest BCUT2D eigenvalue weighted by atomic mass is 16.5. The molecule has 0 aliphatic rings. The maximum Gasteiger partial charge on any atom is 0.323 e. The van der Waals surface area contributed by atoms with E-state index in [1.807, 2.05) is 36.4 Å². The molecule has 5 heteroatoms. The van der Waals surface area contributed by atoms with Crippen molar-refractivity contribution in [2.24, 2.45) is 5.92 Å². The highest BCUT2D eigenvalue weighted by Gasteiger charge is 2.14. The predicted molar refractivity (Wildman–Crippen MR) is 91.2 cm³/mol. The van der Waals surface area contributed by atoms with Crippen LogP contribution in [0.15, 0.2) is 41.2 Å². The number of nitrogens with one attached hydrogen (secondary N) is 2. The van der Waals surface area contributed by atoms with Crippen molar-refractivity contribution in [1.82, 2.24) is 9.97 Å². The van der Waals surface area contributed by atoms with Crippen molar-refractivity contribution in [2.75, 3.05) is 13.7 Å². The molecule has 0 unspecified atom stereocenters. The van der Waals surface area contributed by atoms with Gasteiger partial charge in [0.15, 0.2) is 0 Å². The molecule has 120 valence electrons. The third-order valence-corrected chi connectivity index (χ3v) is 3.58. The Morgan fingerprint density at radius 3 is 2.52 bits per heavy atom. The smallest absolute Gasteiger partial charge is 0.323 e. The molecule has 0 aliphatic carbocycles. The van der Waals surface area contributed by atoms with Crippen molar-refractivity contribution in [3.63, 3.8) is 0 Å². The van der Waals surface area contributed by atoms with Crippen LogP contribution in [-0.4, -0.2) is 23.7 Å². The van der Waals surface area contributed by atoms with Crippen molar-refractivity contribution in [3.8, 4) is 22.6 Å². The summed E-state index contributed by atoms with van der Waals surface area (Å²) in [5, 5.41) is 0. The Labute approximate surface area is 134 Å². The highest BCUT2D eigenvalue weighted by Crippen LogP contribution is 2.39. The van der Waals surface area contributed by atoms with E-state index in [2.05, 4.69) is 23.8 Å². The number of ether oxygens (including phenoxy) is 2. The molecule has 23 heavy (non-hydrogen) atoms. The minimum atomic E-state index is -0.214. The summed E-state index contributed by atoms with van der Waals surface area (Å²) >= 11 is 0. The van der Waals surface area contributed by atoms with E-state index in [0.29, 0.717) is 12.5 Å². The number of H-pyrrole nitrogens is 2. The lowest BCUT2D eigenvalue weighted by Gasteiger charge is -2.16. The number of aromatic amines is 2. The molecule has 1 aromatic heterocycles. The quantitative estimate of drug-likeness (QED) is 0.757. The van der Waals surface area contributed by atoms with Crippen LogP contribution in [0.4, 0.5) is 0 Å². The molecule has 2 N–H and O–H groups in total. The Hall–Kier alpha value is -2.69. The van der Waals surface area contributed by atoms with Gasteiger partial charge < -0.3 is 19.4 Å². The van der Waals surface area contributed by atoms with Gasteiger partial charge in [-0.1, -0.05) is 26.0 Å². The maximum atomic E-state index is 11.4. The molecule has 5 nitrogen and oxygen atoms in total. The number of hydrogen-bond donors (Lipinski definition) is 2. The molecular formula is C18H20N2O3. The summed E-state index contributed by atoms with van der Waals surface area (Å²) in [5.41, 5.74) is 3.14. The van der Waals surface area contributed by atoms with Crippen LogP contribution in [0.1, 0.15) is 13.8 Å². The van der Waals surface area contributed by atoms with Crippen LogP contribution in [0.5, 0.6) is 11.5 Å². The highest BCUT2D eigenvalue weighted by molar-refractivity contribution is 5.85. The molecule has 2 aromatic carbocycles. The van der Waals surface area contributed by atoms with Crippen molar-refractivity contribution in [3.05, 3.63) is 46.9 Å². The van der Waals surface area contributed by atoms with Crippen LogP contribution < -0.4 is 15.2 Å². The first-order valence-corrected chi connectivity index (χ1v) is 7.60. The number of methoxy groups -OCH3 is 1. The molecule has 0 saturated carbocycles. The third-order valence-electron chi connectivity index (χ3n) is 3.58. The minimum Gasteiger partial charge on any atom is -0.496 e. The van der Waals surface area contributed by atoms with Crippen molar-refractivity contribution >= 4 is 11.0 Å². The zero-order chi connectivity index (χ0) is 16.4. The zero-order valence-electron chi connectivity index (χ0n) is 13.5. The summed E-state index contributed by atoms with van der Waals surface area (Å²) in [7, 11) is 1.64. The minimum absolute atomic E-state index is 0.214. The van der Waals surface area contributed by atoms with Crippen LogP contribution in [0.25, 0.3) is 22.2 Å². The fourth-order valence-electron chi connectivity index (χ4n) is 2.53. The second-order valence-corrected chi connectivity index (χ2v) is 5.88. The molecule has 0 saturated heterocycles. The molecular weight excluding hydrogens is 292 g/mol. The summed E-state index contributed by atoms with van der Waals surface area (Å²) in [6.45, 7) is 4.84. The molecule has 3 aromatic rings. The normalized spacial score (nSPS) is 11.1. The summed E-state index contributed by atoms with van der Waals surface area (Å²) < 4.78 is 11.5. The number of benzene rings is 2. The summed E-state index contributed by atoms with van der Waals surface area (Å²) in [5.74, 6) is 1.94. The molecule has 0 amide bonds. The van der Waals surface area contributed by atoms with Gasteiger partial charge in [0, 0.05) is 0 Å². The second kappa shape index (κ2) is 6.20. The molecule has 0 spiro atoms. The molecule has 0 bridgehead atoms. The van der Waals surface area contributed by atoms with E-state index in [-0.39, 0.29) is 5.69 Å². The zero-order valence-corrected chi connectivity index (χ0v) is 13.5. The van der Waals surface area contributed by atoms with Gasteiger partial charge >= 0.3 is 5.69 Å². The van der Waals surface area contributed by atoms with Gasteiger partial charge in [-0.05, 0) is 35.7 Å². The van der Waals surface area contributed by atoms with Gasteiger partial charge in [0.1, 0.15) is 11.5 Å². The maximum absolute atomic E-state index is 11.4. The van der Waals surface area contributed by atoms with E-state index in [0.717, 1.165) is 33.7 Å². The summed E-state index contributed by atoms with van der Waals surface area (Å²) in [6.07, 6.45) is 0. The lowest BCUT2D eigenvalue weighted by atomic mass is 10.0.